The second-order valence-corrected chi connectivity index (χ2v) is 17.5. The van der Waals surface area contributed by atoms with Crippen molar-refractivity contribution in [3.05, 3.63) is 81.5 Å². The Morgan fingerprint density at radius 2 is 0.875 bits per heavy atom. The number of rotatable bonds is 8. The SMILES string of the molecule is BrCCC1CCOCC1.Cn1cnc2c1c(=O)[nH]c(=O)n2C.Cn1cnc2c1c(=O)n(CCC1CCOCC1)c(=O)n2C.Cn1cnc2c1c(=O)n(CCC1CCOCC1)c(=O)n2C. The van der Waals surface area contributed by atoms with Gasteiger partial charge >= 0.3 is 17.1 Å². The number of hydrogen-bond donors (Lipinski definition) is 1. The summed E-state index contributed by atoms with van der Waals surface area (Å²) in [5.74, 6) is 1.98. The number of fused-ring (bicyclic) bond motifs is 3. The summed E-state index contributed by atoms with van der Waals surface area (Å²) in [6.07, 6.45) is 14.2. The van der Waals surface area contributed by atoms with Gasteiger partial charge in [0.05, 0.1) is 19.0 Å². The van der Waals surface area contributed by atoms with Crippen LogP contribution >= 0.6 is 15.9 Å². The van der Waals surface area contributed by atoms with E-state index in [1.807, 2.05) is 0 Å². The molecule has 350 valence electrons. The molecule has 0 bridgehead atoms. The summed E-state index contributed by atoms with van der Waals surface area (Å²) in [5.41, 5.74) is 0.697. The summed E-state index contributed by atoms with van der Waals surface area (Å²) in [6, 6.07) is 0. The molecule has 6 aromatic heterocycles. The summed E-state index contributed by atoms with van der Waals surface area (Å²) in [4.78, 5) is 86.5. The molecule has 9 heterocycles. The van der Waals surface area contributed by atoms with Crippen molar-refractivity contribution in [2.75, 3.05) is 45.0 Å². The number of imidazole rings is 3. The predicted molar refractivity (Wildman–Crippen MR) is 245 cm³/mol. The Labute approximate surface area is 376 Å². The van der Waals surface area contributed by atoms with Crippen LogP contribution < -0.4 is 33.7 Å². The first-order chi connectivity index (χ1) is 30.7. The van der Waals surface area contributed by atoms with Crippen molar-refractivity contribution in [1.82, 2.24) is 56.5 Å². The molecule has 64 heavy (non-hydrogen) atoms. The number of aromatic amines is 1. The van der Waals surface area contributed by atoms with E-state index in [0.29, 0.717) is 58.4 Å². The van der Waals surface area contributed by atoms with Gasteiger partial charge in [-0.15, -0.1) is 0 Å². The molecule has 0 radical (unpaired) electrons. The average Bonchev–Trinajstić information content (AvgIpc) is 4.02. The summed E-state index contributed by atoms with van der Waals surface area (Å²) >= 11 is 3.44. The fourth-order valence-electron chi connectivity index (χ4n) is 8.33. The van der Waals surface area contributed by atoms with E-state index in [2.05, 4.69) is 35.9 Å². The molecule has 21 nitrogen and oxygen atoms in total. The van der Waals surface area contributed by atoms with Gasteiger partial charge in [-0.05, 0) is 75.5 Å². The van der Waals surface area contributed by atoms with E-state index in [0.717, 1.165) is 89.4 Å². The predicted octanol–water partition coefficient (Wildman–Crippen LogP) is 1.66. The summed E-state index contributed by atoms with van der Waals surface area (Å²) in [6.45, 7) is 5.98. The lowest BCUT2D eigenvalue weighted by Crippen LogP contribution is -2.40. The van der Waals surface area contributed by atoms with E-state index in [1.54, 1.807) is 68.6 Å². The van der Waals surface area contributed by atoms with E-state index in [4.69, 9.17) is 14.2 Å². The number of alkyl halides is 1. The smallest absolute Gasteiger partial charge is 0.332 e. The minimum absolute atomic E-state index is 0.250. The van der Waals surface area contributed by atoms with Crippen molar-refractivity contribution in [3.63, 3.8) is 0 Å². The number of aryl methyl sites for hydroxylation is 6. The Bertz CT molecular complexity index is 2740. The lowest BCUT2D eigenvalue weighted by molar-refractivity contribution is 0.0623. The molecule has 0 unspecified atom stereocenters. The molecule has 1 N–H and O–H groups in total. The van der Waals surface area contributed by atoms with Crippen LogP contribution in [-0.4, -0.2) is 101 Å². The number of H-pyrrole nitrogens is 1. The van der Waals surface area contributed by atoms with E-state index >= 15 is 0 Å². The van der Waals surface area contributed by atoms with Crippen LogP contribution in [0.15, 0.2) is 47.7 Å². The van der Waals surface area contributed by atoms with Crippen LogP contribution in [0.3, 0.4) is 0 Å². The van der Waals surface area contributed by atoms with Gasteiger partial charge in [0, 0.05) is 100 Å². The number of ether oxygens (including phenoxy) is 3. The fraction of sp³-hybridized carbons (Fsp3) is 0.643. The molecular weight excluding hydrogens is 896 g/mol. The van der Waals surface area contributed by atoms with Crippen LogP contribution in [0, 0.1) is 17.8 Å². The zero-order valence-electron chi connectivity index (χ0n) is 37.7. The maximum atomic E-state index is 12.5. The Hall–Kier alpha value is -5.19. The van der Waals surface area contributed by atoms with Crippen LogP contribution in [0.25, 0.3) is 33.5 Å². The summed E-state index contributed by atoms with van der Waals surface area (Å²) in [7, 11) is 10.1. The topological polar surface area (TPSA) is 224 Å². The minimum Gasteiger partial charge on any atom is -0.381 e. The third-order valence-electron chi connectivity index (χ3n) is 12.4. The molecule has 22 heteroatoms. The number of nitrogens with zero attached hydrogens (tertiary/aromatic N) is 11. The molecule has 6 aromatic rings. The molecule has 0 amide bonds. The van der Waals surface area contributed by atoms with Crippen molar-refractivity contribution >= 4 is 49.4 Å². The highest BCUT2D eigenvalue weighted by molar-refractivity contribution is 9.09. The maximum Gasteiger partial charge on any atom is 0.332 e. The van der Waals surface area contributed by atoms with Crippen LogP contribution in [0.1, 0.15) is 57.8 Å². The molecule has 3 saturated heterocycles. The second-order valence-electron chi connectivity index (χ2n) is 16.7. The highest BCUT2D eigenvalue weighted by Crippen LogP contribution is 2.20. The molecule has 0 aromatic carbocycles. The van der Waals surface area contributed by atoms with Crippen LogP contribution in [-0.2, 0) is 69.6 Å². The Balaban J connectivity index is 0.000000149. The van der Waals surface area contributed by atoms with Crippen LogP contribution in [0.2, 0.25) is 0 Å². The molecule has 3 fully saturated rings. The van der Waals surface area contributed by atoms with Gasteiger partial charge in [0.25, 0.3) is 16.7 Å². The number of hydrogen-bond acceptors (Lipinski definition) is 12. The summed E-state index contributed by atoms with van der Waals surface area (Å²) < 4.78 is 27.7. The van der Waals surface area contributed by atoms with Crippen LogP contribution in [0.5, 0.6) is 0 Å². The maximum absolute atomic E-state index is 12.5. The molecule has 9 rings (SSSR count). The average molecular weight is 958 g/mol. The lowest BCUT2D eigenvalue weighted by Gasteiger charge is -2.22. The van der Waals surface area contributed by atoms with Crippen molar-refractivity contribution in [1.29, 1.82) is 0 Å². The number of aromatic nitrogens is 12. The quantitative estimate of drug-likeness (QED) is 0.215. The largest absolute Gasteiger partial charge is 0.381 e. The van der Waals surface area contributed by atoms with Crippen molar-refractivity contribution in [3.8, 4) is 0 Å². The first-order valence-corrected chi connectivity index (χ1v) is 23.0. The van der Waals surface area contributed by atoms with Gasteiger partial charge in [-0.2, -0.15) is 0 Å². The Morgan fingerprint density at radius 1 is 0.531 bits per heavy atom. The molecule has 0 atom stereocenters. The standard InChI is InChI=1S/2C14H20N4O3.C7H13BrO.C7H8N4O2/c2*1-16-9-15-12-11(16)13(19)18(14(20)17(12)2)6-3-10-4-7-21-8-5-10;8-4-1-7-2-5-9-6-3-7;1-10-3-8-5-4(10)6(12)9-7(13)11(5)2/h2*9-10H,3-8H2,1-2H3;7H,1-6H2;3H,1-2H3,(H,9,12,13). The van der Waals surface area contributed by atoms with Crippen LogP contribution in [0.4, 0.5) is 0 Å². The van der Waals surface area contributed by atoms with Gasteiger partial charge in [-0.1, -0.05) is 15.9 Å². The van der Waals surface area contributed by atoms with Crippen molar-refractivity contribution < 1.29 is 14.2 Å². The third kappa shape index (κ3) is 11.0. The molecule has 3 aliphatic rings. The minimum atomic E-state index is -0.448. The van der Waals surface area contributed by atoms with Gasteiger partial charge in [-0.3, -0.25) is 42.2 Å². The number of halogens is 1. The molecule has 0 saturated carbocycles. The highest BCUT2D eigenvalue weighted by atomic mass is 79.9. The second kappa shape index (κ2) is 22.1. The van der Waals surface area contributed by atoms with E-state index in [-0.39, 0.29) is 22.5 Å². The fourth-order valence-corrected chi connectivity index (χ4v) is 8.98. The Kier molecular flexibility index (Phi) is 16.7. The number of nitrogens with one attached hydrogen (secondary N) is 1. The Morgan fingerprint density at radius 3 is 1.25 bits per heavy atom. The van der Waals surface area contributed by atoms with Gasteiger partial charge in [0.15, 0.2) is 33.5 Å². The lowest BCUT2D eigenvalue weighted by atomic mass is 9.97. The van der Waals surface area contributed by atoms with E-state index in [9.17, 15) is 28.8 Å². The summed E-state index contributed by atoms with van der Waals surface area (Å²) in [5, 5.41) is 1.15. The monoisotopic (exact) mass is 956 g/mol. The third-order valence-corrected chi connectivity index (χ3v) is 12.9. The zero-order valence-corrected chi connectivity index (χ0v) is 39.2. The first kappa shape index (κ1) is 48.3. The molecular formula is C42H61BrN12O9. The molecule has 0 aliphatic carbocycles. The van der Waals surface area contributed by atoms with Gasteiger partial charge in [0.1, 0.15) is 0 Å². The molecule has 0 spiro atoms. The zero-order chi connectivity index (χ0) is 46.1. The molecule has 3 aliphatic heterocycles. The van der Waals surface area contributed by atoms with Crippen molar-refractivity contribution in [2.45, 2.75) is 70.9 Å². The van der Waals surface area contributed by atoms with Gasteiger partial charge < -0.3 is 27.9 Å². The van der Waals surface area contributed by atoms with E-state index in [1.165, 1.54) is 48.4 Å². The van der Waals surface area contributed by atoms with Crippen molar-refractivity contribution in [2.24, 2.45) is 60.0 Å². The van der Waals surface area contributed by atoms with Gasteiger partial charge in [0.2, 0.25) is 0 Å². The first-order valence-electron chi connectivity index (χ1n) is 21.8. The normalized spacial score (nSPS) is 16.3. The van der Waals surface area contributed by atoms with E-state index < -0.39 is 11.2 Å². The highest BCUT2D eigenvalue weighted by Gasteiger charge is 2.20. The van der Waals surface area contributed by atoms with Gasteiger partial charge in [-0.25, -0.2) is 29.3 Å².